The van der Waals surface area contributed by atoms with Crippen molar-refractivity contribution in [1.82, 2.24) is 4.90 Å². The first-order valence-electron chi connectivity index (χ1n) is 8.04. The number of hydrogen-bond donors (Lipinski definition) is 2. The summed E-state index contributed by atoms with van der Waals surface area (Å²) in [6.07, 6.45) is 3.04. The van der Waals surface area contributed by atoms with E-state index in [0.717, 1.165) is 25.9 Å². The van der Waals surface area contributed by atoms with Crippen molar-refractivity contribution in [3.63, 3.8) is 0 Å². The number of methoxy groups -OCH3 is 1. The second kappa shape index (κ2) is 7.97. The maximum absolute atomic E-state index is 12.5. The molecule has 0 aromatic heterocycles. The van der Waals surface area contributed by atoms with Gasteiger partial charge in [0, 0.05) is 31.1 Å². The Balaban J connectivity index is 2.11. The van der Waals surface area contributed by atoms with Crippen LogP contribution in [0.5, 0.6) is 5.75 Å². The molecule has 1 unspecified atom stereocenters. The molecule has 1 aromatic rings. The van der Waals surface area contributed by atoms with Crippen LogP contribution in [0.15, 0.2) is 18.2 Å². The van der Waals surface area contributed by atoms with Crippen molar-refractivity contribution in [1.29, 1.82) is 0 Å². The zero-order chi connectivity index (χ0) is 16.8. The standard InChI is InChI=1S/C17H25N3O3/c1-12(18)5-8-16(21)19-14-11-13(6-7-15(14)23-2)17(22)20-9-3-4-10-20/h6-7,11-12H,3-5,8-10,18H2,1-2H3,(H,19,21). The lowest BCUT2D eigenvalue weighted by molar-refractivity contribution is -0.116. The highest BCUT2D eigenvalue weighted by Crippen LogP contribution is 2.27. The Morgan fingerprint density at radius 2 is 2.04 bits per heavy atom. The summed E-state index contributed by atoms with van der Waals surface area (Å²) in [5.41, 5.74) is 6.75. The molecular weight excluding hydrogens is 294 g/mol. The van der Waals surface area contributed by atoms with Crippen LogP contribution < -0.4 is 15.8 Å². The Morgan fingerprint density at radius 3 is 2.65 bits per heavy atom. The normalized spacial score (nSPS) is 15.3. The predicted octanol–water partition coefficient (Wildman–Crippen LogP) is 2.00. The minimum absolute atomic E-state index is 0.00349. The topological polar surface area (TPSA) is 84.7 Å². The van der Waals surface area contributed by atoms with Gasteiger partial charge >= 0.3 is 0 Å². The maximum Gasteiger partial charge on any atom is 0.253 e. The van der Waals surface area contributed by atoms with Crippen molar-refractivity contribution in [3.05, 3.63) is 23.8 Å². The van der Waals surface area contributed by atoms with E-state index in [0.29, 0.717) is 29.8 Å². The first-order valence-corrected chi connectivity index (χ1v) is 8.04. The van der Waals surface area contributed by atoms with Gasteiger partial charge in [0.2, 0.25) is 5.91 Å². The van der Waals surface area contributed by atoms with Crippen LogP contribution in [0.3, 0.4) is 0 Å². The molecule has 0 radical (unpaired) electrons. The molecule has 1 aliphatic rings. The zero-order valence-corrected chi connectivity index (χ0v) is 13.8. The highest BCUT2D eigenvalue weighted by atomic mass is 16.5. The number of nitrogens with one attached hydrogen (secondary N) is 1. The summed E-state index contributed by atoms with van der Waals surface area (Å²) < 4.78 is 5.27. The first-order chi connectivity index (χ1) is 11.0. The van der Waals surface area contributed by atoms with Gasteiger partial charge in [0.15, 0.2) is 0 Å². The summed E-state index contributed by atoms with van der Waals surface area (Å²) in [6.45, 7) is 3.45. The van der Waals surface area contributed by atoms with Crippen molar-refractivity contribution >= 4 is 17.5 Å². The third kappa shape index (κ3) is 4.69. The summed E-state index contributed by atoms with van der Waals surface area (Å²) in [5, 5.41) is 2.81. The van der Waals surface area contributed by atoms with Crippen LogP contribution >= 0.6 is 0 Å². The van der Waals surface area contributed by atoms with Crippen molar-refractivity contribution in [2.24, 2.45) is 5.73 Å². The van der Waals surface area contributed by atoms with E-state index in [1.165, 1.54) is 7.11 Å². The van der Waals surface area contributed by atoms with Crippen LogP contribution in [-0.4, -0.2) is 43.0 Å². The molecule has 1 atom stereocenters. The maximum atomic E-state index is 12.5. The molecule has 126 valence electrons. The fourth-order valence-electron chi connectivity index (χ4n) is 2.61. The largest absolute Gasteiger partial charge is 0.495 e. The number of nitrogens with zero attached hydrogens (tertiary/aromatic N) is 1. The van der Waals surface area contributed by atoms with Gasteiger partial charge in [-0.25, -0.2) is 0 Å². The summed E-state index contributed by atoms with van der Waals surface area (Å²) >= 11 is 0. The van der Waals surface area contributed by atoms with E-state index in [1.54, 1.807) is 18.2 Å². The molecule has 1 aromatic carbocycles. The van der Waals surface area contributed by atoms with Crippen LogP contribution in [0, 0.1) is 0 Å². The molecule has 2 amide bonds. The van der Waals surface area contributed by atoms with Gasteiger partial charge in [0.05, 0.1) is 12.8 Å². The average Bonchev–Trinajstić information content (AvgIpc) is 3.06. The highest BCUT2D eigenvalue weighted by Gasteiger charge is 2.20. The molecule has 1 aliphatic heterocycles. The number of carbonyl (C=O) groups is 2. The molecule has 2 rings (SSSR count). The number of hydrogen-bond acceptors (Lipinski definition) is 4. The Labute approximate surface area is 137 Å². The average molecular weight is 319 g/mol. The number of anilines is 1. The van der Waals surface area contributed by atoms with E-state index in [1.807, 2.05) is 11.8 Å². The van der Waals surface area contributed by atoms with Crippen LogP contribution in [0.1, 0.15) is 43.0 Å². The molecule has 1 fully saturated rings. The van der Waals surface area contributed by atoms with Crippen molar-refractivity contribution in [2.45, 2.75) is 38.6 Å². The number of carbonyl (C=O) groups excluding carboxylic acids is 2. The van der Waals surface area contributed by atoms with Gasteiger partial charge in [-0.3, -0.25) is 9.59 Å². The van der Waals surface area contributed by atoms with Crippen LogP contribution in [0.2, 0.25) is 0 Å². The highest BCUT2D eigenvalue weighted by molar-refractivity contribution is 5.98. The second-order valence-corrected chi connectivity index (χ2v) is 5.98. The van der Waals surface area contributed by atoms with Crippen LogP contribution in [0.25, 0.3) is 0 Å². The van der Waals surface area contributed by atoms with E-state index < -0.39 is 0 Å². The summed E-state index contributed by atoms with van der Waals surface area (Å²) in [5.74, 6) is 0.403. The molecule has 0 aliphatic carbocycles. The number of rotatable bonds is 6. The summed E-state index contributed by atoms with van der Waals surface area (Å²) in [7, 11) is 1.54. The van der Waals surface area contributed by atoms with Crippen molar-refractivity contribution in [2.75, 3.05) is 25.5 Å². The molecule has 6 nitrogen and oxygen atoms in total. The fourth-order valence-corrected chi connectivity index (χ4v) is 2.61. The zero-order valence-electron chi connectivity index (χ0n) is 13.8. The molecule has 0 spiro atoms. The monoisotopic (exact) mass is 319 g/mol. The van der Waals surface area contributed by atoms with Gasteiger partial charge in [-0.05, 0) is 44.4 Å². The predicted molar refractivity (Wildman–Crippen MR) is 89.6 cm³/mol. The Kier molecular flexibility index (Phi) is 5.98. The molecular formula is C17H25N3O3. The minimum atomic E-state index is -0.133. The van der Waals surface area contributed by atoms with E-state index >= 15 is 0 Å². The van der Waals surface area contributed by atoms with Gasteiger partial charge in [-0.1, -0.05) is 0 Å². The Bertz CT molecular complexity index is 566. The first kappa shape index (κ1) is 17.3. The quantitative estimate of drug-likeness (QED) is 0.840. The van der Waals surface area contributed by atoms with Crippen molar-refractivity contribution < 1.29 is 14.3 Å². The number of ether oxygens (including phenoxy) is 1. The van der Waals surface area contributed by atoms with Gasteiger partial charge in [-0.15, -0.1) is 0 Å². The van der Waals surface area contributed by atoms with E-state index in [4.69, 9.17) is 10.5 Å². The number of likely N-dealkylation sites (tertiary alicyclic amines) is 1. The summed E-state index contributed by atoms with van der Waals surface area (Å²) in [4.78, 5) is 26.3. The van der Waals surface area contributed by atoms with Gasteiger partial charge in [-0.2, -0.15) is 0 Å². The lowest BCUT2D eigenvalue weighted by Gasteiger charge is -2.17. The Morgan fingerprint density at radius 1 is 1.35 bits per heavy atom. The number of nitrogens with two attached hydrogens (primary N) is 1. The summed E-state index contributed by atoms with van der Waals surface area (Å²) in [6, 6.07) is 5.11. The number of amides is 2. The second-order valence-electron chi connectivity index (χ2n) is 5.98. The van der Waals surface area contributed by atoms with Gasteiger partial charge in [0.25, 0.3) is 5.91 Å². The Hall–Kier alpha value is -2.08. The van der Waals surface area contributed by atoms with Crippen molar-refractivity contribution in [3.8, 4) is 5.75 Å². The molecule has 1 heterocycles. The molecule has 6 heteroatoms. The van der Waals surface area contributed by atoms with Crippen LogP contribution in [0.4, 0.5) is 5.69 Å². The lowest BCUT2D eigenvalue weighted by atomic mass is 10.1. The SMILES string of the molecule is COc1ccc(C(=O)N2CCCC2)cc1NC(=O)CCC(C)N. The third-order valence-corrected chi connectivity index (χ3v) is 3.94. The smallest absolute Gasteiger partial charge is 0.253 e. The lowest BCUT2D eigenvalue weighted by Crippen LogP contribution is -2.27. The molecule has 1 saturated heterocycles. The van der Waals surface area contributed by atoms with Crippen LogP contribution in [-0.2, 0) is 4.79 Å². The molecule has 0 saturated carbocycles. The molecule has 23 heavy (non-hydrogen) atoms. The van der Waals surface area contributed by atoms with E-state index in [-0.39, 0.29) is 17.9 Å². The molecule has 3 N–H and O–H groups in total. The van der Waals surface area contributed by atoms with E-state index in [2.05, 4.69) is 5.32 Å². The van der Waals surface area contributed by atoms with Gasteiger partial charge in [0.1, 0.15) is 5.75 Å². The molecule has 0 bridgehead atoms. The van der Waals surface area contributed by atoms with Gasteiger partial charge < -0.3 is 20.7 Å². The number of benzene rings is 1. The third-order valence-electron chi connectivity index (χ3n) is 3.94. The fraction of sp³-hybridized carbons (Fsp3) is 0.529. The minimum Gasteiger partial charge on any atom is -0.495 e. The van der Waals surface area contributed by atoms with E-state index in [9.17, 15) is 9.59 Å².